The van der Waals surface area contributed by atoms with Crippen LogP contribution in [0.4, 0.5) is 0 Å². The molecule has 0 fully saturated rings. The molecule has 25 heavy (non-hydrogen) atoms. The van der Waals surface area contributed by atoms with Gasteiger partial charge in [0.1, 0.15) is 5.75 Å². The van der Waals surface area contributed by atoms with E-state index in [4.69, 9.17) is 16.3 Å². The number of fused-ring (bicyclic) bond motifs is 3. The Hall–Kier alpha value is -2.24. The van der Waals surface area contributed by atoms with Crippen molar-refractivity contribution in [1.82, 2.24) is 9.78 Å². The maximum absolute atomic E-state index is 12.6. The Morgan fingerprint density at radius 3 is 2.72 bits per heavy atom. The summed E-state index contributed by atoms with van der Waals surface area (Å²) in [6, 6.07) is 14.8. The number of hydrogen-bond donors (Lipinski definition) is 0. The fourth-order valence-corrected chi connectivity index (χ4v) is 4.04. The van der Waals surface area contributed by atoms with E-state index in [9.17, 15) is 4.79 Å². The number of benzene rings is 2. The number of thioether (sulfide) groups is 1. The average Bonchev–Trinajstić information content (AvgIpc) is 2.80. The Kier molecular flexibility index (Phi) is 4.27. The molecule has 6 heteroatoms. The number of rotatable bonds is 2. The van der Waals surface area contributed by atoms with Crippen LogP contribution in [0.25, 0.3) is 16.9 Å². The lowest BCUT2D eigenvalue weighted by Crippen LogP contribution is -2.22. The minimum absolute atomic E-state index is 0.141. The topological polar surface area (TPSA) is 44.1 Å². The molecule has 0 N–H and O–H groups in total. The number of methoxy groups -OCH3 is 1. The molecule has 0 amide bonds. The second-order valence-electron chi connectivity index (χ2n) is 5.71. The van der Waals surface area contributed by atoms with E-state index < -0.39 is 0 Å². The van der Waals surface area contributed by atoms with E-state index in [0.29, 0.717) is 10.7 Å². The van der Waals surface area contributed by atoms with Crippen molar-refractivity contribution < 1.29 is 4.74 Å². The molecule has 0 aliphatic carbocycles. The van der Waals surface area contributed by atoms with Crippen molar-refractivity contribution in [3.8, 4) is 22.7 Å². The van der Waals surface area contributed by atoms with Crippen LogP contribution in [0.1, 0.15) is 5.56 Å². The number of aryl methyl sites for hydroxylation is 1. The zero-order chi connectivity index (χ0) is 17.4. The minimum atomic E-state index is -0.141. The highest BCUT2D eigenvalue weighted by Gasteiger charge is 2.19. The molecule has 0 saturated carbocycles. The van der Waals surface area contributed by atoms with Gasteiger partial charge in [0.2, 0.25) is 0 Å². The zero-order valence-electron chi connectivity index (χ0n) is 13.5. The maximum Gasteiger partial charge on any atom is 0.271 e. The highest BCUT2D eigenvalue weighted by atomic mass is 35.5. The van der Waals surface area contributed by atoms with Crippen molar-refractivity contribution in [3.63, 3.8) is 0 Å². The molecule has 1 aliphatic rings. The quantitative estimate of drug-likeness (QED) is 0.677. The molecule has 1 aliphatic heterocycles. The smallest absolute Gasteiger partial charge is 0.271 e. The van der Waals surface area contributed by atoms with E-state index in [2.05, 4.69) is 5.10 Å². The van der Waals surface area contributed by atoms with Gasteiger partial charge in [0.25, 0.3) is 5.56 Å². The van der Waals surface area contributed by atoms with Gasteiger partial charge in [0.15, 0.2) is 0 Å². The van der Waals surface area contributed by atoms with E-state index >= 15 is 0 Å². The van der Waals surface area contributed by atoms with Crippen molar-refractivity contribution >= 4 is 23.4 Å². The molecule has 2 heterocycles. The van der Waals surface area contributed by atoms with Crippen LogP contribution in [0, 0.1) is 0 Å². The maximum atomic E-state index is 12.6. The molecule has 126 valence electrons. The first-order valence-corrected chi connectivity index (χ1v) is 9.22. The number of nitrogens with zero attached hydrogens (tertiary/aromatic N) is 2. The van der Waals surface area contributed by atoms with Gasteiger partial charge in [-0.1, -0.05) is 11.6 Å². The standard InChI is InChI=1S/C19H15ClN2O2S/c1-24-15-6-7-17-16(11-15)19-12(8-9-25-17)10-18(23)22(21-19)14-4-2-13(20)3-5-14/h2-7,10-11H,8-9H2,1H3. The first-order chi connectivity index (χ1) is 12.2. The van der Waals surface area contributed by atoms with E-state index in [1.54, 1.807) is 49.2 Å². The van der Waals surface area contributed by atoms with Crippen molar-refractivity contribution in [2.75, 3.05) is 12.9 Å². The number of aromatic nitrogens is 2. The lowest BCUT2D eigenvalue weighted by Gasteiger charge is -2.12. The van der Waals surface area contributed by atoms with Gasteiger partial charge in [-0.2, -0.15) is 9.78 Å². The summed E-state index contributed by atoms with van der Waals surface area (Å²) in [7, 11) is 1.65. The monoisotopic (exact) mass is 370 g/mol. The Morgan fingerprint density at radius 2 is 1.96 bits per heavy atom. The van der Waals surface area contributed by atoms with Crippen molar-refractivity contribution in [2.45, 2.75) is 11.3 Å². The molecule has 0 bridgehead atoms. The molecule has 0 saturated heterocycles. The Morgan fingerprint density at radius 1 is 1.16 bits per heavy atom. The summed E-state index contributed by atoms with van der Waals surface area (Å²) in [6.45, 7) is 0. The van der Waals surface area contributed by atoms with Crippen LogP contribution in [-0.2, 0) is 6.42 Å². The molecule has 4 nitrogen and oxygen atoms in total. The van der Waals surface area contributed by atoms with Gasteiger partial charge in [0, 0.05) is 27.3 Å². The Bertz CT molecular complexity index is 999. The predicted octanol–water partition coefficient (Wildman–Crippen LogP) is 4.21. The van der Waals surface area contributed by atoms with Crippen LogP contribution in [0.2, 0.25) is 5.02 Å². The van der Waals surface area contributed by atoms with Crippen LogP contribution in [0.5, 0.6) is 5.75 Å². The number of ether oxygens (including phenoxy) is 1. The number of halogens is 1. The summed E-state index contributed by atoms with van der Waals surface area (Å²) >= 11 is 7.72. The summed E-state index contributed by atoms with van der Waals surface area (Å²) < 4.78 is 6.79. The third-order valence-electron chi connectivity index (χ3n) is 4.15. The molecular formula is C19H15ClN2O2S. The lowest BCUT2D eigenvalue weighted by atomic mass is 10.0. The van der Waals surface area contributed by atoms with Crippen LogP contribution in [-0.4, -0.2) is 22.6 Å². The Labute approximate surface area is 154 Å². The molecule has 0 radical (unpaired) electrons. The van der Waals surface area contributed by atoms with Crippen LogP contribution >= 0.6 is 23.4 Å². The molecule has 4 rings (SSSR count). The van der Waals surface area contributed by atoms with Gasteiger partial charge < -0.3 is 4.74 Å². The van der Waals surface area contributed by atoms with Crippen LogP contribution in [0.15, 0.2) is 58.2 Å². The van der Waals surface area contributed by atoms with E-state index in [-0.39, 0.29) is 5.56 Å². The minimum Gasteiger partial charge on any atom is -0.497 e. The number of hydrogen-bond acceptors (Lipinski definition) is 4. The highest BCUT2D eigenvalue weighted by Crippen LogP contribution is 2.38. The second-order valence-corrected chi connectivity index (χ2v) is 7.28. The normalized spacial score (nSPS) is 12.9. The summed E-state index contributed by atoms with van der Waals surface area (Å²) in [5.74, 6) is 1.69. The van der Waals surface area contributed by atoms with Crippen molar-refractivity contribution in [3.05, 3.63) is 69.5 Å². The molecule has 3 aromatic rings. The molecule has 1 aromatic heterocycles. The van der Waals surface area contributed by atoms with E-state index in [1.807, 2.05) is 18.2 Å². The average molecular weight is 371 g/mol. The molecule has 0 spiro atoms. The Balaban J connectivity index is 1.94. The largest absolute Gasteiger partial charge is 0.497 e. The summed E-state index contributed by atoms with van der Waals surface area (Å²) in [5, 5.41) is 5.30. The summed E-state index contributed by atoms with van der Waals surface area (Å²) in [4.78, 5) is 13.7. The van der Waals surface area contributed by atoms with Gasteiger partial charge >= 0.3 is 0 Å². The van der Waals surface area contributed by atoms with Crippen molar-refractivity contribution in [1.29, 1.82) is 0 Å². The molecule has 0 unspecified atom stereocenters. The first kappa shape index (κ1) is 16.2. The van der Waals surface area contributed by atoms with Crippen LogP contribution < -0.4 is 10.3 Å². The molecule has 0 atom stereocenters. The fraction of sp³-hybridized carbons (Fsp3) is 0.158. The highest BCUT2D eigenvalue weighted by molar-refractivity contribution is 7.99. The molecular weight excluding hydrogens is 356 g/mol. The first-order valence-electron chi connectivity index (χ1n) is 7.86. The van der Waals surface area contributed by atoms with Gasteiger partial charge in [-0.05, 0) is 54.4 Å². The zero-order valence-corrected chi connectivity index (χ0v) is 15.1. The predicted molar refractivity (Wildman–Crippen MR) is 101 cm³/mol. The van der Waals surface area contributed by atoms with Gasteiger partial charge in [-0.3, -0.25) is 4.79 Å². The molecule has 2 aromatic carbocycles. The van der Waals surface area contributed by atoms with Gasteiger partial charge in [-0.15, -0.1) is 11.8 Å². The van der Waals surface area contributed by atoms with Gasteiger partial charge in [0.05, 0.1) is 18.5 Å². The SMILES string of the molecule is COc1ccc2c(c1)-c1nn(-c3ccc(Cl)cc3)c(=O)cc1CCS2. The summed E-state index contributed by atoms with van der Waals surface area (Å²) in [5.41, 5.74) is 3.35. The second kappa shape index (κ2) is 6.58. The third kappa shape index (κ3) is 3.05. The van der Waals surface area contributed by atoms with Crippen molar-refractivity contribution in [2.24, 2.45) is 0 Å². The lowest BCUT2D eigenvalue weighted by molar-refractivity contribution is 0.414. The summed E-state index contributed by atoms with van der Waals surface area (Å²) in [6.07, 6.45) is 0.806. The van der Waals surface area contributed by atoms with E-state index in [1.165, 1.54) is 4.68 Å². The fourth-order valence-electron chi connectivity index (χ4n) is 2.89. The van der Waals surface area contributed by atoms with E-state index in [0.717, 1.165) is 39.6 Å². The third-order valence-corrected chi connectivity index (χ3v) is 5.48. The van der Waals surface area contributed by atoms with Gasteiger partial charge in [-0.25, -0.2) is 0 Å². The van der Waals surface area contributed by atoms with Crippen LogP contribution in [0.3, 0.4) is 0 Å².